The van der Waals surface area contributed by atoms with Crippen molar-refractivity contribution < 1.29 is 24.5 Å². The third-order valence-electron chi connectivity index (χ3n) is 15.3. The van der Waals surface area contributed by atoms with Gasteiger partial charge in [0.05, 0.1) is 25.4 Å². The molecule has 0 spiro atoms. The van der Waals surface area contributed by atoms with Crippen molar-refractivity contribution in [2.24, 2.45) is 0 Å². The summed E-state index contributed by atoms with van der Waals surface area (Å²) in [6, 6.07) is -0.543. The van der Waals surface area contributed by atoms with Crippen LogP contribution in [0.15, 0.2) is 24.3 Å². The Labute approximate surface area is 450 Å². The van der Waals surface area contributed by atoms with Gasteiger partial charge in [0.15, 0.2) is 0 Å². The van der Waals surface area contributed by atoms with Crippen molar-refractivity contribution in [2.75, 3.05) is 13.2 Å². The second kappa shape index (κ2) is 61.9. The summed E-state index contributed by atoms with van der Waals surface area (Å²) in [6.07, 6.45) is 76.3. The first-order chi connectivity index (χ1) is 35.5. The Kier molecular flexibility index (Phi) is 60.5. The lowest BCUT2D eigenvalue weighted by atomic mass is 10.0. The van der Waals surface area contributed by atoms with Crippen LogP contribution in [-0.4, -0.2) is 47.4 Å². The molecule has 0 aromatic rings. The van der Waals surface area contributed by atoms with Crippen molar-refractivity contribution in [3.8, 4) is 0 Å². The Morgan fingerprint density at radius 3 is 1.06 bits per heavy atom. The molecule has 72 heavy (non-hydrogen) atoms. The molecular weight excluding hydrogens is 887 g/mol. The van der Waals surface area contributed by atoms with Gasteiger partial charge in [0.2, 0.25) is 5.91 Å². The van der Waals surface area contributed by atoms with Gasteiger partial charge in [-0.25, -0.2) is 0 Å². The van der Waals surface area contributed by atoms with Gasteiger partial charge >= 0.3 is 5.97 Å². The maximum Gasteiger partial charge on any atom is 0.305 e. The van der Waals surface area contributed by atoms with Crippen LogP contribution in [0.3, 0.4) is 0 Å². The largest absolute Gasteiger partial charge is 0.466 e. The molecule has 0 aromatic heterocycles. The summed E-state index contributed by atoms with van der Waals surface area (Å²) in [4.78, 5) is 24.5. The molecule has 0 saturated heterocycles. The number of rotatable bonds is 61. The third-order valence-corrected chi connectivity index (χ3v) is 15.3. The molecule has 0 aliphatic heterocycles. The number of nitrogens with one attached hydrogen (secondary N) is 1. The number of allylic oxidation sites excluding steroid dienone is 4. The molecule has 2 unspecified atom stereocenters. The van der Waals surface area contributed by atoms with Gasteiger partial charge in [-0.2, -0.15) is 0 Å². The third kappa shape index (κ3) is 57.6. The van der Waals surface area contributed by atoms with Crippen LogP contribution in [0.1, 0.15) is 361 Å². The van der Waals surface area contributed by atoms with Crippen molar-refractivity contribution in [3.63, 3.8) is 0 Å². The van der Waals surface area contributed by atoms with Gasteiger partial charge in [0.1, 0.15) is 0 Å². The van der Waals surface area contributed by atoms with Crippen LogP contribution in [0, 0.1) is 0 Å². The van der Waals surface area contributed by atoms with Crippen molar-refractivity contribution in [2.45, 2.75) is 373 Å². The van der Waals surface area contributed by atoms with E-state index >= 15 is 0 Å². The van der Waals surface area contributed by atoms with Crippen LogP contribution >= 0.6 is 0 Å². The Hall–Kier alpha value is -1.66. The Balaban J connectivity index is 3.39. The molecule has 6 heteroatoms. The molecule has 0 bridgehead atoms. The van der Waals surface area contributed by atoms with E-state index < -0.39 is 12.1 Å². The summed E-state index contributed by atoms with van der Waals surface area (Å²) >= 11 is 0. The van der Waals surface area contributed by atoms with Crippen molar-refractivity contribution in [1.82, 2.24) is 5.32 Å². The van der Waals surface area contributed by atoms with E-state index in [9.17, 15) is 19.8 Å². The lowest BCUT2D eigenvalue weighted by Gasteiger charge is -2.22. The van der Waals surface area contributed by atoms with E-state index in [4.69, 9.17) is 4.74 Å². The lowest BCUT2D eigenvalue weighted by molar-refractivity contribution is -0.143. The zero-order chi connectivity index (χ0) is 52.2. The van der Waals surface area contributed by atoms with E-state index in [1.165, 1.54) is 283 Å². The summed E-state index contributed by atoms with van der Waals surface area (Å²) in [5, 5.41) is 23.3. The van der Waals surface area contributed by atoms with E-state index in [2.05, 4.69) is 43.5 Å². The van der Waals surface area contributed by atoms with Crippen LogP contribution in [0.2, 0.25) is 0 Å². The van der Waals surface area contributed by atoms with E-state index in [0.29, 0.717) is 25.9 Å². The molecule has 0 aliphatic rings. The minimum absolute atomic E-state index is 0.0140. The number of amides is 1. The first kappa shape index (κ1) is 70.3. The summed E-state index contributed by atoms with van der Waals surface area (Å²) < 4.78 is 5.49. The van der Waals surface area contributed by atoms with Crippen LogP contribution in [-0.2, 0) is 14.3 Å². The number of hydrogen-bond donors (Lipinski definition) is 3. The van der Waals surface area contributed by atoms with Gasteiger partial charge in [0.25, 0.3) is 0 Å². The van der Waals surface area contributed by atoms with Gasteiger partial charge in [0, 0.05) is 12.8 Å². The van der Waals surface area contributed by atoms with Crippen molar-refractivity contribution in [3.05, 3.63) is 24.3 Å². The predicted octanol–water partition coefficient (Wildman–Crippen LogP) is 20.6. The SMILES string of the molecule is CCCCCCCCCCCCCCCCCC(=O)OCCCCCCCCCCC/C=C\C/C=C\CCCCCCCCCCCCCC(=O)NC(CO)C(O)CCCCCCCCCCCCCCC. The Morgan fingerprint density at radius 2 is 0.694 bits per heavy atom. The summed E-state index contributed by atoms with van der Waals surface area (Å²) in [6.45, 7) is 4.97. The number of aliphatic hydroxyl groups is 2. The molecule has 0 heterocycles. The number of carbonyl (C=O) groups is 2. The zero-order valence-electron chi connectivity index (χ0n) is 48.7. The molecule has 426 valence electrons. The van der Waals surface area contributed by atoms with Gasteiger partial charge in [-0.15, -0.1) is 0 Å². The number of unbranched alkanes of at least 4 members (excludes halogenated alkanes) is 46. The van der Waals surface area contributed by atoms with E-state index in [1.54, 1.807) is 0 Å². The quantitative estimate of drug-likeness (QED) is 0.0320. The molecule has 2 atom stereocenters. The average molecular weight is 1010 g/mol. The highest BCUT2D eigenvalue weighted by Gasteiger charge is 2.20. The molecule has 0 rings (SSSR count). The van der Waals surface area contributed by atoms with Gasteiger partial charge in [-0.3, -0.25) is 9.59 Å². The highest BCUT2D eigenvalue weighted by atomic mass is 16.5. The fraction of sp³-hybridized carbons (Fsp3) is 0.909. The number of ether oxygens (including phenoxy) is 1. The van der Waals surface area contributed by atoms with Gasteiger partial charge < -0.3 is 20.3 Å². The first-order valence-corrected chi connectivity index (χ1v) is 32.6. The van der Waals surface area contributed by atoms with Crippen LogP contribution in [0.5, 0.6) is 0 Å². The van der Waals surface area contributed by atoms with E-state index in [1.807, 2.05) is 0 Å². The summed E-state index contributed by atoms with van der Waals surface area (Å²) in [7, 11) is 0. The smallest absolute Gasteiger partial charge is 0.305 e. The standard InChI is InChI=1S/C66H127NO5/c1-3-5-7-9-11-13-15-17-31-36-40-44-48-52-56-60-66(71)72-61-57-53-49-45-41-37-33-30-28-26-24-22-20-18-19-21-23-25-27-29-32-35-39-43-47-51-55-59-65(70)67-63(62-68)64(69)58-54-50-46-42-38-34-16-14-12-10-8-6-4-2/h18-19,22,24,63-64,68-69H,3-17,20-21,23,25-62H2,1-2H3,(H,67,70)/b19-18-,24-22-. The molecule has 0 aromatic carbocycles. The number of esters is 1. The van der Waals surface area contributed by atoms with Crippen LogP contribution in [0.4, 0.5) is 0 Å². The first-order valence-electron chi connectivity index (χ1n) is 32.6. The average Bonchev–Trinajstić information content (AvgIpc) is 3.38. The minimum atomic E-state index is -0.665. The Bertz CT molecular complexity index is 1120. The predicted molar refractivity (Wildman–Crippen MR) is 315 cm³/mol. The maximum absolute atomic E-state index is 12.5. The molecule has 6 nitrogen and oxygen atoms in total. The molecule has 0 fully saturated rings. The van der Waals surface area contributed by atoms with E-state index in [0.717, 1.165) is 44.9 Å². The highest BCUT2D eigenvalue weighted by Crippen LogP contribution is 2.18. The zero-order valence-corrected chi connectivity index (χ0v) is 48.7. The topological polar surface area (TPSA) is 95.9 Å². The second-order valence-electron chi connectivity index (χ2n) is 22.5. The van der Waals surface area contributed by atoms with Crippen molar-refractivity contribution >= 4 is 11.9 Å². The van der Waals surface area contributed by atoms with Crippen molar-refractivity contribution in [1.29, 1.82) is 0 Å². The number of aliphatic hydroxyl groups excluding tert-OH is 2. The van der Waals surface area contributed by atoms with E-state index in [-0.39, 0.29) is 18.5 Å². The molecule has 0 aliphatic carbocycles. The fourth-order valence-electron chi connectivity index (χ4n) is 10.3. The summed E-state index contributed by atoms with van der Waals surface area (Å²) in [5.74, 6) is -0.0228. The molecule has 0 saturated carbocycles. The lowest BCUT2D eigenvalue weighted by Crippen LogP contribution is -2.45. The normalized spacial score (nSPS) is 12.7. The Morgan fingerprint density at radius 1 is 0.389 bits per heavy atom. The van der Waals surface area contributed by atoms with Gasteiger partial charge in [-0.1, -0.05) is 314 Å². The number of hydrogen-bond acceptors (Lipinski definition) is 5. The number of carbonyl (C=O) groups excluding carboxylic acids is 2. The van der Waals surface area contributed by atoms with Crippen LogP contribution < -0.4 is 5.32 Å². The van der Waals surface area contributed by atoms with Gasteiger partial charge in [-0.05, 0) is 57.8 Å². The molecule has 0 radical (unpaired) electrons. The van der Waals surface area contributed by atoms with Crippen LogP contribution in [0.25, 0.3) is 0 Å². The fourth-order valence-corrected chi connectivity index (χ4v) is 10.3. The second-order valence-corrected chi connectivity index (χ2v) is 22.5. The molecular formula is C66H127NO5. The maximum atomic E-state index is 12.5. The summed E-state index contributed by atoms with van der Waals surface area (Å²) in [5.41, 5.74) is 0. The molecule has 3 N–H and O–H groups in total. The molecule has 1 amide bonds. The monoisotopic (exact) mass is 1010 g/mol. The minimum Gasteiger partial charge on any atom is -0.466 e. The highest BCUT2D eigenvalue weighted by molar-refractivity contribution is 5.76.